The van der Waals surface area contributed by atoms with Gasteiger partial charge in [0.25, 0.3) is 5.91 Å². The first-order valence-electron chi connectivity index (χ1n) is 8.20. The molecule has 0 heterocycles. The maximum atomic E-state index is 12.2. The Morgan fingerprint density at radius 2 is 1.88 bits per heavy atom. The number of nitrogens with one attached hydrogen (secondary N) is 2. The average molecular weight is 411 g/mol. The molecule has 0 saturated heterocycles. The van der Waals surface area contributed by atoms with Gasteiger partial charge in [0.2, 0.25) is 5.91 Å². The van der Waals surface area contributed by atoms with Gasteiger partial charge in [-0.1, -0.05) is 48.3 Å². The molecule has 7 heteroatoms. The van der Waals surface area contributed by atoms with E-state index in [0.717, 1.165) is 12.0 Å². The highest BCUT2D eigenvalue weighted by atomic mass is 35.5. The van der Waals surface area contributed by atoms with Gasteiger partial charge in [-0.3, -0.25) is 9.59 Å². The van der Waals surface area contributed by atoms with Crippen molar-refractivity contribution in [2.45, 2.75) is 19.1 Å². The Labute approximate surface area is 167 Å². The van der Waals surface area contributed by atoms with Crippen LogP contribution >= 0.6 is 35.0 Å². The van der Waals surface area contributed by atoms with Crippen molar-refractivity contribution in [2.75, 3.05) is 17.6 Å². The lowest BCUT2D eigenvalue weighted by atomic mass is 10.1. The smallest absolute Gasteiger partial charge is 0.253 e. The Kier molecular flexibility index (Phi) is 8.29. The summed E-state index contributed by atoms with van der Waals surface area (Å²) in [7, 11) is 0. The molecule has 4 nitrogen and oxygen atoms in total. The van der Waals surface area contributed by atoms with Crippen molar-refractivity contribution in [3.05, 3.63) is 63.6 Å². The highest BCUT2D eigenvalue weighted by Crippen LogP contribution is 2.25. The van der Waals surface area contributed by atoms with E-state index in [0.29, 0.717) is 33.6 Å². The van der Waals surface area contributed by atoms with Crippen LogP contribution in [0.2, 0.25) is 10.0 Å². The first-order valence-corrected chi connectivity index (χ1v) is 10.1. The van der Waals surface area contributed by atoms with Crippen molar-refractivity contribution in [3.63, 3.8) is 0 Å². The van der Waals surface area contributed by atoms with E-state index < -0.39 is 0 Å². The van der Waals surface area contributed by atoms with E-state index >= 15 is 0 Å². The lowest BCUT2D eigenvalue weighted by Gasteiger charge is -2.11. The Morgan fingerprint density at radius 3 is 2.62 bits per heavy atom. The number of amides is 2. The zero-order valence-corrected chi connectivity index (χ0v) is 16.7. The van der Waals surface area contributed by atoms with Gasteiger partial charge in [0, 0.05) is 22.3 Å². The molecule has 0 unspecified atom stereocenters. The fourth-order valence-corrected chi connectivity index (χ4v) is 3.59. The number of carbonyl (C=O) groups excluding carboxylic acids is 2. The first kappa shape index (κ1) is 20.6. The molecule has 2 aromatic rings. The number of anilines is 1. The van der Waals surface area contributed by atoms with Gasteiger partial charge >= 0.3 is 0 Å². The van der Waals surface area contributed by atoms with Crippen LogP contribution in [0.3, 0.4) is 0 Å². The maximum Gasteiger partial charge on any atom is 0.253 e. The zero-order chi connectivity index (χ0) is 18.9. The van der Waals surface area contributed by atoms with E-state index in [1.54, 1.807) is 36.4 Å². The molecule has 2 aromatic carbocycles. The number of carbonyl (C=O) groups is 2. The van der Waals surface area contributed by atoms with E-state index in [4.69, 9.17) is 23.2 Å². The van der Waals surface area contributed by atoms with E-state index in [1.807, 2.05) is 13.0 Å². The Bertz CT molecular complexity index is 784. The number of para-hydroxylation sites is 1. The average Bonchev–Trinajstić information content (AvgIpc) is 2.62. The molecule has 0 fully saturated rings. The molecule has 2 amide bonds. The van der Waals surface area contributed by atoms with Gasteiger partial charge < -0.3 is 10.6 Å². The number of benzene rings is 2. The first-order chi connectivity index (χ1) is 12.5. The number of thioether (sulfide) groups is 1. The van der Waals surface area contributed by atoms with Crippen molar-refractivity contribution < 1.29 is 9.59 Å². The summed E-state index contributed by atoms with van der Waals surface area (Å²) in [5.74, 6) is 0.491. The lowest BCUT2D eigenvalue weighted by molar-refractivity contribution is -0.113. The Morgan fingerprint density at radius 1 is 1.12 bits per heavy atom. The van der Waals surface area contributed by atoms with Crippen LogP contribution in [-0.4, -0.2) is 24.1 Å². The van der Waals surface area contributed by atoms with Crippen LogP contribution in [0.15, 0.2) is 42.5 Å². The maximum absolute atomic E-state index is 12.2. The zero-order valence-electron chi connectivity index (χ0n) is 14.4. The second kappa shape index (κ2) is 10.5. The molecular weight excluding hydrogens is 391 g/mol. The number of hydrogen-bond donors (Lipinski definition) is 2. The van der Waals surface area contributed by atoms with Crippen molar-refractivity contribution >= 4 is 52.5 Å². The summed E-state index contributed by atoms with van der Waals surface area (Å²) in [4.78, 5) is 24.4. The summed E-state index contributed by atoms with van der Waals surface area (Å²) in [6, 6.07) is 12.3. The third-order valence-electron chi connectivity index (χ3n) is 3.49. The van der Waals surface area contributed by atoms with Crippen LogP contribution in [0.5, 0.6) is 0 Å². The fourth-order valence-electron chi connectivity index (χ4n) is 2.20. The van der Waals surface area contributed by atoms with E-state index in [9.17, 15) is 9.59 Å². The SMILES string of the molecule is CCCNC(=O)c1ccccc1NC(=O)CSCc1ccc(Cl)cc1Cl. The van der Waals surface area contributed by atoms with Crippen LogP contribution in [-0.2, 0) is 10.5 Å². The summed E-state index contributed by atoms with van der Waals surface area (Å²) >= 11 is 13.4. The summed E-state index contributed by atoms with van der Waals surface area (Å²) < 4.78 is 0. The standard InChI is InChI=1S/C19H20Cl2N2O2S/c1-2-9-22-19(25)15-5-3-4-6-17(15)23-18(24)12-26-11-13-7-8-14(20)10-16(13)21/h3-8,10H,2,9,11-12H2,1H3,(H,22,25)(H,23,24). The van der Waals surface area contributed by atoms with E-state index in [-0.39, 0.29) is 17.6 Å². The molecule has 0 aliphatic rings. The third kappa shape index (κ3) is 6.24. The molecule has 0 spiro atoms. The molecule has 0 bridgehead atoms. The minimum atomic E-state index is -0.191. The predicted molar refractivity (Wildman–Crippen MR) is 110 cm³/mol. The summed E-state index contributed by atoms with van der Waals surface area (Å²) in [5.41, 5.74) is 1.89. The largest absolute Gasteiger partial charge is 0.352 e. The number of rotatable bonds is 8. The molecule has 0 atom stereocenters. The Balaban J connectivity index is 1.90. The van der Waals surface area contributed by atoms with Crippen LogP contribution < -0.4 is 10.6 Å². The third-order valence-corrected chi connectivity index (χ3v) is 5.06. The summed E-state index contributed by atoms with van der Waals surface area (Å²) in [6.45, 7) is 2.58. The van der Waals surface area contributed by atoms with Crippen LogP contribution in [0.25, 0.3) is 0 Å². The van der Waals surface area contributed by atoms with Crippen LogP contribution in [0.1, 0.15) is 29.3 Å². The van der Waals surface area contributed by atoms with Crippen LogP contribution in [0, 0.1) is 0 Å². The van der Waals surface area contributed by atoms with Gasteiger partial charge in [-0.15, -0.1) is 11.8 Å². The number of hydrogen-bond acceptors (Lipinski definition) is 3. The normalized spacial score (nSPS) is 10.4. The molecule has 26 heavy (non-hydrogen) atoms. The minimum absolute atomic E-state index is 0.171. The number of halogens is 2. The molecule has 0 saturated carbocycles. The van der Waals surface area contributed by atoms with Crippen molar-refractivity contribution in [1.29, 1.82) is 0 Å². The van der Waals surface area contributed by atoms with Crippen molar-refractivity contribution in [2.24, 2.45) is 0 Å². The molecule has 2 rings (SSSR count). The van der Waals surface area contributed by atoms with Crippen molar-refractivity contribution in [1.82, 2.24) is 5.32 Å². The van der Waals surface area contributed by atoms with E-state index in [2.05, 4.69) is 10.6 Å². The fraction of sp³-hybridized carbons (Fsp3) is 0.263. The van der Waals surface area contributed by atoms with E-state index in [1.165, 1.54) is 11.8 Å². The molecule has 0 aromatic heterocycles. The van der Waals surface area contributed by atoms with Gasteiger partial charge in [0.15, 0.2) is 0 Å². The molecular formula is C19H20Cl2N2O2S. The molecule has 0 radical (unpaired) electrons. The highest BCUT2D eigenvalue weighted by molar-refractivity contribution is 7.99. The highest BCUT2D eigenvalue weighted by Gasteiger charge is 2.12. The Hall–Kier alpha value is -1.69. The minimum Gasteiger partial charge on any atom is -0.352 e. The quantitative estimate of drug-likeness (QED) is 0.643. The monoisotopic (exact) mass is 410 g/mol. The second-order valence-electron chi connectivity index (χ2n) is 5.58. The molecule has 138 valence electrons. The predicted octanol–water partition coefficient (Wildman–Crippen LogP) is 5.01. The van der Waals surface area contributed by atoms with Gasteiger partial charge in [-0.2, -0.15) is 0 Å². The lowest BCUT2D eigenvalue weighted by Crippen LogP contribution is -2.26. The van der Waals surface area contributed by atoms with Gasteiger partial charge in [-0.25, -0.2) is 0 Å². The van der Waals surface area contributed by atoms with Crippen molar-refractivity contribution in [3.8, 4) is 0 Å². The molecule has 2 N–H and O–H groups in total. The molecule has 0 aliphatic carbocycles. The van der Waals surface area contributed by atoms with Gasteiger partial charge in [0.1, 0.15) is 0 Å². The van der Waals surface area contributed by atoms with Crippen LogP contribution in [0.4, 0.5) is 5.69 Å². The summed E-state index contributed by atoms with van der Waals surface area (Å²) in [6.07, 6.45) is 0.851. The van der Waals surface area contributed by atoms with Gasteiger partial charge in [-0.05, 0) is 36.2 Å². The topological polar surface area (TPSA) is 58.2 Å². The second-order valence-corrected chi connectivity index (χ2v) is 7.41. The summed E-state index contributed by atoms with van der Waals surface area (Å²) in [5, 5.41) is 6.79. The molecule has 0 aliphatic heterocycles. The van der Waals surface area contributed by atoms with Gasteiger partial charge in [0.05, 0.1) is 17.0 Å².